The highest BCUT2D eigenvalue weighted by Crippen LogP contribution is 2.34. The Morgan fingerprint density at radius 3 is 3.19 bits per heavy atom. The lowest BCUT2D eigenvalue weighted by Gasteiger charge is -2.06. The minimum absolute atomic E-state index is 0.428. The molecule has 0 fully saturated rings. The molecule has 0 saturated heterocycles. The second-order valence-electron chi connectivity index (χ2n) is 3.16. The van der Waals surface area contributed by atoms with Gasteiger partial charge in [-0.05, 0) is 11.5 Å². The second kappa shape index (κ2) is 4.84. The van der Waals surface area contributed by atoms with Crippen molar-refractivity contribution in [3.05, 3.63) is 18.7 Å². The first kappa shape index (κ1) is 10.7. The van der Waals surface area contributed by atoms with Gasteiger partial charge < -0.3 is 20.4 Å². The monoisotopic (exact) mass is 239 g/mol. The topological polar surface area (TPSA) is 78.0 Å². The third-order valence-corrected chi connectivity index (χ3v) is 2.89. The van der Waals surface area contributed by atoms with Gasteiger partial charge in [0.05, 0.1) is 13.4 Å². The number of imidazole rings is 1. The van der Waals surface area contributed by atoms with Crippen molar-refractivity contribution in [2.45, 2.75) is 6.54 Å². The molecule has 2 aromatic rings. The van der Waals surface area contributed by atoms with Crippen LogP contribution in [0.25, 0.3) is 0 Å². The van der Waals surface area contributed by atoms with Crippen LogP contribution in [0.3, 0.4) is 0 Å². The molecule has 0 spiro atoms. The van der Waals surface area contributed by atoms with Crippen LogP contribution in [0.2, 0.25) is 0 Å². The van der Waals surface area contributed by atoms with E-state index in [-0.39, 0.29) is 0 Å². The van der Waals surface area contributed by atoms with E-state index in [4.69, 9.17) is 10.5 Å². The van der Waals surface area contributed by atoms with Crippen molar-refractivity contribution in [1.82, 2.24) is 13.9 Å². The summed E-state index contributed by atoms with van der Waals surface area (Å²) in [5.74, 6) is 1.05. The molecule has 0 aliphatic heterocycles. The van der Waals surface area contributed by atoms with Crippen molar-refractivity contribution in [3.8, 4) is 5.75 Å². The van der Waals surface area contributed by atoms with Crippen molar-refractivity contribution in [2.24, 2.45) is 0 Å². The molecular formula is C9H13N5OS. The van der Waals surface area contributed by atoms with Gasteiger partial charge in [-0.15, -0.1) is 0 Å². The van der Waals surface area contributed by atoms with E-state index in [9.17, 15) is 0 Å². The number of hydrogen-bond acceptors (Lipinski definition) is 6. The molecule has 2 aromatic heterocycles. The van der Waals surface area contributed by atoms with Crippen molar-refractivity contribution >= 4 is 22.4 Å². The van der Waals surface area contributed by atoms with Gasteiger partial charge in [0, 0.05) is 25.5 Å². The molecule has 0 aliphatic carbocycles. The van der Waals surface area contributed by atoms with E-state index in [2.05, 4.69) is 14.7 Å². The fourth-order valence-electron chi connectivity index (χ4n) is 1.32. The van der Waals surface area contributed by atoms with E-state index in [1.165, 1.54) is 11.5 Å². The smallest absolute Gasteiger partial charge is 0.197 e. The van der Waals surface area contributed by atoms with Gasteiger partial charge in [-0.3, -0.25) is 0 Å². The average molecular weight is 239 g/mol. The first-order chi connectivity index (χ1) is 7.81. The third-order valence-electron chi connectivity index (χ3n) is 2.09. The SMILES string of the molecule is COc1c(N)nsc1NCCn1ccnc1. The van der Waals surface area contributed by atoms with E-state index in [0.29, 0.717) is 11.6 Å². The number of nitrogens with zero attached hydrogens (tertiary/aromatic N) is 3. The van der Waals surface area contributed by atoms with Gasteiger partial charge in [0.2, 0.25) is 0 Å². The number of anilines is 2. The molecular weight excluding hydrogens is 226 g/mol. The summed E-state index contributed by atoms with van der Waals surface area (Å²) in [5.41, 5.74) is 5.64. The highest BCUT2D eigenvalue weighted by Gasteiger charge is 2.10. The Bertz CT molecular complexity index is 439. The molecule has 0 unspecified atom stereocenters. The van der Waals surface area contributed by atoms with Crippen LogP contribution in [-0.4, -0.2) is 27.6 Å². The lowest BCUT2D eigenvalue weighted by molar-refractivity contribution is 0.419. The standard InChI is InChI=1S/C9H13N5OS/c1-15-7-8(10)13-16-9(7)12-3-5-14-4-2-11-6-14/h2,4,6,12H,3,5H2,1H3,(H2,10,13). The molecule has 3 N–H and O–H groups in total. The summed E-state index contributed by atoms with van der Waals surface area (Å²) >= 11 is 1.30. The Morgan fingerprint density at radius 1 is 1.62 bits per heavy atom. The first-order valence-electron chi connectivity index (χ1n) is 4.80. The molecule has 6 nitrogen and oxygen atoms in total. The molecule has 0 radical (unpaired) electrons. The molecule has 0 bridgehead atoms. The van der Waals surface area contributed by atoms with Crippen molar-refractivity contribution < 1.29 is 4.74 Å². The van der Waals surface area contributed by atoms with Crippen LogP contribution in [0.4, 0.5) is 10.8 Å². The van der Waals surface area contributed by atoms with Crippen LogP contribution in [-0.2, 0) is 6.54 Å². The fraction of sp³-hybridized carbons (Fsp3) is 0.333. The van der Waals surface area contributed by atoms with Crippen LogP contribution in [0.15, 0.2) is 18.7 Å². The Hall–Kier alpha value is -1.76. The zero-order valence-corrected chi connectivity index (χ0v) is 9.70. The Balaban J connectivity index is 1.89. The molecule has 2 rings (SSSR count). The normalized spacial score (nSPS) is 10.3. The predicted molar refractivity (Wildman–Crippen MR) is 63.8 cm³/mol. The zero-order chi connectivity index (χ0) is 11.4. The van der Waals surface area contributed by atoms with Crippen LogP contribution in [0.5, 0.6) is 5.75 Å². The summed E-state index contributed by atoms with van der Waals surface area (Å²) in [4.78, 5) is 3.97. The Labute approximate surface area is 97.2 Å². The van der Waals surface area contributed by atoms with Crippen LogP contribution in [0.1, 0.15) is 0 Å². The summed E-state index contributed by atoms with van der Waals surface area (Å²) in [6.45, 7) is 1.61. The average Bonchev–Trinajstić information content (AvgIpc) is 2.89. The minimum Gasteiger partial charge on any atom is -0.490 e. The number of ether oxygens (including phenoxy) is 1. The number of nitrogens with two attached hydrogens (primary N) is 1. The lowest BCUT2D eigenvalue weighted by Crippen LogP contribution is -2.08. The Kier molecular flexibility index (Phi) is 3.25. The van der Waals surface area contributed by atoms with E-state index in [0.717, 1.165) is 18.1 Å². The molecule has 16 heavy (non-hydrogen) atoms. The maximum absolute atomic E-state index is 5.64. The third kappa shape index (κ3) is 2.25. The molecule has 0 aromatic carbocycles. The molecule has 86 valence electrons. The molecule has 0 aliphatic rings. The van der Waals surface area contributed by atoms with E-state index < -0.39 is 0 Å². The minimum atomic E-state index is 0.428. The highest BCUT2D eigenvalue weighted by molar-refractivity contribution is 7.11. The zero-order valence-electron chi connectivity index (χ0n) is 8.88. The number of hydrogen-bond donors (Lipinski definition) is 2. The number of aromatic nitrogens is 3. The highest BCUT2D eigenvalue weighted by atomic mass is 32.1. The molecule has 0 amide bonds. The molecule has 0 saturated carbocycles. The van der Waals surface area contributed by atoms with Crippen molar-refractivity contribution in [2.75, 3.05) is 24.7 Å². The lowest BCUT2D eigenvalue weighted by atomic mass is 10.5. The maximum atomic E-state index is 5.64. The van der Waals surface area contributed by atoms with Gasteiger partial charge in [0.25, 0.3) is 0 Å². The van der Waals surface area contributed by atoms with Crippen molar-refractivity contribution in [3.63, 3.8) is 0 Å². The van der Waals surface area contributed by atoms with E-state index in [1.807, 2.05) is 10.8 Å². The quantitative estimate of drug-likeness (QED) is 0.815. The van der Waals surface area contributed by atoms with Crippen LogP contribution in [0, 0.1) is 0 Å². The number of nitrogens with one attached hydrogen (secondary N) is 1. The Morgan fingerprint density at radius 2 is 2.50 bits per heavy atom. The van der Waals surface area contributed by atoms with Gasteiger partial charge in [-0.1, -0.05) is 0 Å². The summed E-state index contributed by atoms with van der Waals surface area (Å²) < 4.78 is 11.2. The van der Waals surface area contributed by atoms with Gasteiger partial charge in [-0.2, -0.15) is 4.37 Å². The van der Waals surface area contributed by atoms with Gasteiger partial charge in [0.15, 0.2) is 16.6 Å². The van der Waals surface area contributed by atoms with Crippen LogP contribution < -0.4 is 15.8 Å². The second-order valence-corrected chi connectivity index (χ2v) is 3.93. The number of nitrogen functional groups attached to an aromatic ring is 1. The summed E-state index contributed by atoms with van der Waals surface area (Å²) in [6, 6.07) is 0. The van der Waals surface area contributed by atoms with Gasteiger partial charge in [0.1, 0.15) is 0 Å². The molecule has 0 atom stereocenters. The first-order valence-corrected chi connectivity index (χ1v) is 5.57. The summed E-state index contributed by atoms with van der Waals surface area (Å²) in [7, 11) is 1.58. The summed E-state index contributed by atoms with van der Waals surface area (Å²) in [5, 5.41) is 4.09. The summed E-state index contributed by atoms with van der Waals surface area (Å²) in [6.07, 6.45) is 5.45. The van der Waals surface area contributed by atoms with E-state index >= 15 is 0 Å². The maximum Gasteiger partial charge on any atom is 0.197 e. The predicted octanol–water partition coefficient (Wildman–Crippen LogP) is 1.04. The largest absolute Gasteiger partial charge is 0.490 e. The van der Waals surface area contributed by atoms with E-state index in [1.54, 1.807) is 19.6 Å². The molecule has 7 heteroatoms. The fourth-order valence-corrected chi connectivity index (χ4v) is 2.03. The van der Waals surface area contributed by atoms with Gasteiger partial charge >= 0.3 is 0 Å². The molecule has 2 heterocycles. The van der Waals surface area contributed by atoms with Crippen LogP contribution >= 0.6 is 11.5 Å². The van der Waals surface area contributed by atoms with Gasteiger partial charge in [-0.25, -0.2) is 4.98 Å². The number of methoxy groups -OCH3 is 1. The number of rotatable bonds is 5. The van der Waals surface area contributed by atoms with Crippen molar-refractivity contribution in [1.29, 1.82) is 0 Å².